The fourth-order valence-corrected chi connectivity index (χ4v) is 4.00. The molecular formula is C22H18FNO5S. The van der Waals surface area contributed by atoms with Crippen LogP contribution in [0.25, 0.3) is 11.1 Å². The van der Waals surface area contributed by atoms with E-state index >= 15 is 0 Å². The predicted molar refractivity (Wildman–Crippen MR) is 111 cm³/mol. The predicted octanol–water partition coefficient (Wildman–Crippen LogP) is 4.51. The van der Waals surface area contributed by atoms with Gasteiger partial charge >= 0.3 is 5.97 Å². The van der Waals surface area contributed by atoms with Crippen LogP contribution in [-0.2, 0) is 9.53 Å². The molecule has 8 heteroatoms. The average Bonchev–Trinajstić information content (AvgIpc) is 3.17. The zero-order valence-electron chi connectivity index (χ0n) is 16.0. The second kappa shape index (κ2) is 8.54. The van der Waals surface area contributed by atoms with Gasteiger partial charge in [-0.15, -0.1) is 11.3 Å². The Morgan fingerprint density at radius 2 is 1.90 bits per heavy atom. The molecule has 0 spiro atoms. The number of thiophene rings is 1. The Labute approximate surface area is 176 Å². The van der Waals surface area contributed by atoms with Crippen LogP contribution < -0.4 is 14.8 Å². The van der Waals surface area contributed by atoms with E-state index in [0.29, 0.717) is 27.6 Å². The smallest absolute Gasteiger partial charge is 0.341 e. The van der Waals surface area contributed by atoms with Gasteiger partial charge in [0.25, 0.3) is 5.91 Å². The number of hydrogen-bond donors (Lipinski definition) is 1. The van der Waals surface area contributed by atoms with Crippen molar-refractivity contribution in [3.8, 4) is 22.6 Å². The number of fused-ring (bicyclic) bond motifs is 1. The second-order valence-corrected chi connectivity index (χ2v) is 7.31. The zero-order chi connectivity index (χ0) is 21.1. The highest BCUT2D eigenvalue weighted by Crippen LogP contribution is 2.37. The van der Waals surface area contributed by atoms with E-state index in [0.717, 1.165) is 0 Å². The first-order valence-electron chi connectivity index (χ1n) is 9.30. The number of amides is 1. The first kappa shape index (κ1) is 19.9. The average molecular weight is 427 g/mol. The summed E-state index contributed by atoms with van der Waals surface area (Å²) >= 11 is 1.18. The van der Waals surface area contributed by atoms with Crippen molar-refractivity contribution >= 4 is 28.2 Å². The number of nitrogens with one attached hydrogen (secondary N) is 1. The van der Waals surface area contributed by atoms with Crippen LogP contribution in [0.1, 0.15) is 17.3 Å². The number of para-hydroxylation sites is 2. The number of ether oxygens (including phenoxy) is 3. The summed E-state index contributed by atoms with van der Waals surface area (Å²) in [5, 5.41) is 4.81. The van der Waals surface area contributed by atoms with Crippen LogP contribution in [0.2, 0.25) is 0 Å². The molecule has 1 unspecified atom stereocenters. The maximum absolute atomic E-state index is 13.3. The molecule has 4 rings (SSSR count). The minimum Gasteiger partial charge on any atom is -0.485 e. The lowest BCUT2D eigenvalue weighted by Gasteiger charge is -2.25. The molecule has 1 aromatic heterocycles. The molecule has 30 heavy (non-hydrogen) atoms. The van der Waals surface area contributed by atoms with E-state index in [1.807, 2.05) is 6.07 Å². The molecule has 154 valence electrons. The molecule has 2 heterocycles. The Hall–Kier alpha value is -3.39. The van der Waals surface area contributed by atoms with Gasteiger partial charge < -0.3 is 19.5 Å². The van der Waals surface area contributed by atoms with Gasteiger partial charge in [-0.1, -0.05) is 24.3 Å². The molecule has 1 N–H and O–H groups in total. The van der Waals surface area contributed by atoms with Crippen molar-refractivity contribution in [2.75, 3.05) is 18.5 Å². The second-order valence-electron chi connectivity index (χ2n) is 6.43. The van der Waals surface area contributed by atoms with Gasteiger partial charge in [0.05, 0.1) is 6.61 Å². The van der Waals surface area contributed by atoms with Gasteiger partial charge in [0.15, 0.2) is 11.5 Å². The van der Waals surface area contributed by atoms with Crippen molar-refractivity contribution in [2.24, 2.45) is 0 Å². The molecule has 1 aliphatic rings. The van der Waals surface area contributed by atoms with Crippen molar-refractivity contribution in [1.29, 1.82) is 0 Å². The standard InChI is InChI=1S/C22H18FNO5S/c1-2-27-22(26)19-15(13-7-9-14(23)10-8-13)12-30-21(19)24-20(25)18-11-28-16-5-3-4-6-17(16)29-18/h3-10,12,18H,2,11H2,1H3,(H,24,25). The first-order chi connectivity index (χ1) is 14.6. The largest absolute Gasteiger partial charge is 0.485 e. The molecule has 0 radical (unpaired) electrons. The maximum Gasteiger partial charge on any atom is 0.341 e. The summed E-state index contributed by atoms with van der Waals surface area (Å²) in [6.45, 7) is 1.93. The van der Waals surface area contributed by atoms with Gasteiger partial charge in [0.2, 0.25) is 6.10 Å². The van der Waals surface area contributed by atoms with Crippen LogP contribution in [0.3, 0.4) is 0 Å². The molecule has 1 atom stereocenters. The first-order valence-corrected chi connectivity index (χ1v) is 10.2. The van der Waals surface area contributed by atoms with E-state index < -0.39 is 18.0 Å². The molecule has 6 nitrogen and oxygen atoms in total. The van der Waals surface area contributed by atoms with E-state index in [9.17, 15) is 14.0 Å². The molecule has 1 aliphatic heterocycles. The lowest BCUT2D eigenvalue weighted by atomic mass is 10.0. The van der Waals surface area contributed by atoms with Crippen LogP contribution in [-0.4, -0.2) is 31.2 Å². The molecule has 1 amide bonds. The van der Waals surface area contributed by atoms with E-state index in [1.54, 1.807) is 42.6 Å². The lowest BCUT2D eigenvalue weighted by molar-refractivity contribution is -0.125. The topological polar surface area (TPSA) is 73.9 Å². The summed E-state index contributed by atoms with van der Waals surface area (Å²) in [5.41, 5.74) is 1.42. The fourth-order valence-electron chi connectivity index (χ4n) is 3.04. The Bertz CT molecular complexity index is 1080. The number of carbonyl (C=O) groups excluding carboxylic acids is 2. The number of carbonyl (C=O) groups is 2. The van der Waals surface area contributed by atoms with Crippen LogP contribution >= 0.6 is 11.3 Å². The fraction of sp³-hybridized carbons (Fsp3) is 0.182. The number of benzene rings is 2. The summed E-state index contributed by atoms with van der Waals surface area (Å²) in [6, 6.07) is 12.8. The number of rotatable bonds is 5. The molecule has 0 fully saturated rings. The van der Waals surface area contributed by atoms with E-state index in [-0.39, 0.29) is 24.6 Å². The third kappa shape index (κ3) is 3.99. The number of anilines is 1. The van der Waals surface area contributed by atoms with Crippen LogP contribution in [0.15, 0.2) is 53.9 Å². The minimum atomic E-state index is -0.869. The van der Waals surface area contributed by atoms with Crippen molar-refractivity contribution in [2.45, 2.75) is 13.0 Å². The lowest BCUT2D eigenvalue weighted by Crippen LogP contribution is -2.40. The zero-order valence-corrected chi connectivity index (χ0v) is 16.8. The monoisotopic (exact) mass is 427 g/mol. The van der Waals surface area contributed by atoms with Gasteiger partial charge in [-0.3, -0.25) is 4.79 Å². The quantitative estimate of drug-likeness (QED) is 0.607. The molecule has 0 saturated heterocycles. The molecular weight excluding hydrogens is 409 g/mol. The van der Waals surface area contributed by atoms with Crippen molar-refractivity contribution < 1.29 is 28.2 Å². The van der Waals surface area contributed by atoms with Crippen LogP contribution in [0, 0.1) is 5.82 Å². The highest BCUT2D eigenvalue weighted by Gasteiger charge is 2.30. The highest BCUT2D eigenvalue weighted by atomic mass is 32.1. The number of halogens is 1. The molecule has 0 aliphatic carbocycles. The van der Waals surface area contributed by atoms with E-state index in [2.05, 4.69) is 5.32 Å². The third-order valence-corrected chi connectivity index (χ3v) is 5.36. The van der Waals surface area contributed by atoms with Crippen LogP contribution in [0.5, 0.6) is 11.5 Å². The van der Waals surface area contributed by atoms with Crippen molar-refractivity contribution in [3.63, 3.8) is 0 Å². The third-order valence-electron chi connectivity index (χ3n) is 4.46. The summed E-state index contributed by atoms with van der Waals surface area (Å²) in [7, 11) is 0. The summed E-state index contributed by atoms with van der Waals surface area (Å²) < 4.78 is 29.8. The molecule has 3 aromatic rings. The van der Waals surface area contributed by atoms with Gasteiger partial charge in [-0.25, -0.2) is 9.18 Å². The van der Waals surface area contributed by atoms with Gasteiger partial charge in [0, 0.05) is 10.9 Å². The Morgan fingerprint density at radius 1 is 1.17 bits per heavy atom. The number of hydrogen-bond acceptors (Lipinski definition) is 6. The summed E-state index contributed by atoms with van der Waals surface area (Å²) in [6.07, 6.45) is -0.869. The Morgan fingerprint density at radius 3 is 2.63 bits per heavy atom. The minimum absolute atomic E-state index is 0.0494. The van der Waals surface area contributed by atoms with Crippen LogP contribution in [0.4, 0.5) is 9.39 Å². The highest BCUT2D eigenvalue weighted by molar-refractivity contribution is 7.15. The van der Waals surface area contributed by atoms with Crippen molar-refractivity contribution in [1.82, 2.24) is 0 Å². The molecule has 0 saturated carbocycles. The van der Waals surface area contributed by atoms with Crippen molar-refractivity contribution in [3.05, 3.63) is 65.3 Å². The Balaban J connectivity index is 1.60. The van der Waals surface area contributed by atoms with Gasteiger partial charge in [-0.05, 0) is 36.8 Å². The summed E-state index contributed by atoms with van der Waals surface area (Å²) in [4.78, 5) is 25.4. The van der Waals surface area contributed by atoms with E-state index in [4.69, 9.17) is 14.2 Å². The van der Waals surface area contributed by atoms with Gasteiger partial charge in [0.1, 0.15) is 23.0 Å². The number of esters is 1. The Kier molecular flexibility index (Phi) is 5.67. The normalized spacial score (nSPS) is 14.8. The molecule has 2 aromatic carbocycles. The maximum atomic E-state index is 13.3. The summed E-state index contributed by atoms with van der Waals surface area (Å²) in [5.74, 6) is -0.340. The molecule has 0 bridgehead atoms. The van der Waals surface area contributed by atoms with E-state index in [1.165, 1.54) is 23.5 Å². The SMILES string of the molecule is CCOC(=O)c1c(-c2ccc(F)cc2)csc1NC(=O)C1COc2ccccc2O1. The van der Waals surface area contributed by atoms with Gasteiger partial charge in [-0.2, -0.15) is 0 Å².